The number of methoxy groups -OCH3 is 1. The standard InChI is InChI=1S/C15H23NO4/c1-11-9-13(5-7-19-11)16-12-3-4-14(18-2)15(10-12)20-8-6-17/h3-4,10-11,13,16-17H,5-9H2,1-2H3. The molecule has 5 nitrogen and oxygen atoms in total. The molecule has 5 heteroatoms. The highest BCUT2D eigenvalue weighted by Gasteiger charge is 2.19. The van der Waals surface area contributed by atoms with Crippen LogP contribution in [0.3, 0.4) is 0 Å². The van der Waals surface area contributed by atoms with Crippen molar-refractivity contribution in [2.24, 2.45) is 0 Å². The Balaban J connectivity index is 2.03. The molecule has 2 atom stereocenters. The lowest BCUT2D eigenvalue weighted by Gasteiger charge is -2.29. The molecule has 2 N–H and O–H groups in total. The normalized spacial score (nSPS) is 22.4. The van der Waals surface area contributed by atoms with Crippen LogP contribution in [0.15, 0.2) is 18.2 Å². The van der Waals surface area contributed by atoms with Gasteiger partial charge in [0.1, 0.15) is 6.61 Å². The maximum atomic E-state index is 8.86. The van der Waals surface area contributed by atoms with Gasteiger partial charge in [0.05, 0.1) is 19.8 Å². The third kappa shape index (κ3) is 4.02. The Morgan fingerprint density at radius 2 is 2.25 bits per heavy atom. The third-order valence-corrected chi connectivity index (χ3v) is 3.37. The van der Waals surface area contributed by atoms with Crippen LogP contribution >= 0.6 is 0 Å². The minimum atomic E-state index is -0.0156. The van der Waals surface area contributed by atoms with Crippen LogP contribution in [0.5, 0.6) is 11.5 Å². The second kappa shape index (κ2) is 7.36. The number of hydrogen-bond acceptors (Lipinski definition) is 5. The van der Waals surface area contributed by atoms with E-state index in [0.29, 0.717) is 23.6 Å². The number of benzene rings is 1. The Labute approximate surface area is 119 Å². The second-order valence-corrected chi connectivity index (χ2v) is 4.98. The molecule has 1 aliphatic rings. The summed E-state index contributed by atoms with van der Waals surface area (Å²) in [4.78, 5) is 0. The van der Waals surface area contributed by atoms with Gasteiger partial charge in [0.25, 0.3) is 0 Å². The number of anilines is 1. The SMILES string of the molecule is COc1ccc(NC2CCOC(C)C2)cc1OCCO. The van der Waals surface area contributed by atoms with Gasteiger partial charge in [-0.1, -0.05) is 0 Å². The van der Waals surface area contributed by atoms with Crippen LogP contribution in [0, 0.1) is 0 Å². The summed E-state index contributed by atoms with van der Waals surface area (Å²) in [6, 6.07) is 6.18. The maximum Gasteiger partial charge on any atom is 0.163 e. The number of aliphatic hydroxyl groups excluding tert-OH is 1. The van der Waals surface area contributed by atoms with Gasteiger partial charge in [0.2, 0.25) is 0 Å². The number of hydrogen-bond donors (Lipinski definition) is 2. The molecule has 0 amide bonds. The molecule has 1 aliphatic heterocycles. The first-order valence-electron chi connectivity index (χ1n) is 7.02. The van der Waals surface area contributed by atoms with Gasteiger partial charge in [0.15, 0.2) is 11.5 Å². The molecule has 2 rings (SSSR count). The molecule has 0 radical (unpaired) electrons. The van der Waals surface area contributed by atoms with Crippen LogP contribution in [0.1, 0.15) is 19.8 Å². The average Bonchev–Trinajstić information content (AvgIpc) is 2.45. The molecular formula is C15H23NO4. The average molecular weight is 281 g/mol. The summed E-state index contributed by atoms with van der Waals surface area (Å²) >= 11 is 0. The van der Waals surface area contributed by atoms with E-state index in [1.807, 2.05) is 18.2 Å². The van der Waals surface area contributed by atoms with Gasteiger partial charge in [-0.25, -0.2) is 0 Å². The fourth-order valence-corrected chi connectivity index (χ4v) is 2.40. The van der Waals surface area contributed by atoms with E-state index >= 15 is 0 Å². The van der Waals surface area contributed by atoms with Crippen molar-refractivity contribution in [3.63, 3.8) is 0 Å². The van der Waals surface area contributed by atoms with Crippen molar-refractivity contribution in [1.82, 2.24) is 0 Å². The van der Waals surface area contributed by atoms with Crippen LogP contribution < -0.4 is 14.8 Å². The number of rotatable bonds is 6. The molecule has 1 aromatic rings. The lowest BCUT2D eigenvalue weighted by Crippen LogP contribution is -2.32. The number of ether oxygens (including phenoxy) is 3. The van der Waals surface area contributed by atoms with E-state index in [-0.39, 0.29) is 13.2 Å². The van der Waals surface area contributed by atoms with E-state index in [0.717, 1.165) is 25.1 Å². The van der Waals surface area contributed by atoms with Crippen molar-refractivity contribution in [2.45, 2.75) is 31.9 Å². The summed E-state index contributed by atoms with van der Waals surface area (Å²) in [7, 11) is 1.61. The molecule has 2 unspecified atom stereocenters. The van der Waals surface area contributed by atoms with Crippen molar-refractivity contribution >= 4 is 5.69 Å². The Hall–Kier alpha value is -1.46. The minimum Gasteiger partial charge on any atom is -0.493 e. The fraction of sp³-hybridized carbons (Fsp3) is 0.600. The predicted molar refractivity (Wildman–Crippen MR) is 77.6 cm³/mol. The zero-order valence-corrected chi connectivity index (χ0v) is 12.1. The van der Waals surface area contributed by atoms with E-state index in [2.05, 4.69) is 12.2 Å². The second-order valence-electron chi connectivity index (χ2n) is 4.98. The Bertz CT molecular complexity index is 424. The summed E-state index contributed by atoms with van der Waals surface area (Å²) in [6.45, 7) is 3.13. The van der Waals surface area contributed by atoms with Crippen LogP contribution in [0.2, 0.25) is 0 Å². The number of nitrogens with one attached hydrogen (secondary N) is 1. The molecule has 20 heavy (non-hydrogen) atoms. The van der Waals surface area contributed by atoms with Crippen LogP contribution in [0.4, 0.5) is 5.69 Å². The highest BCUT2D eigenvalue weighted by molar-refractivity contribution is 5.55. The number of aliphatic hydroxyl groups is 1. The van der Waals surface area contributed by atoms with E-state index in [1.165, 1.54) is 0 Å². The van der Waals surface area contributed by atoms with E-state index < -0.39 is 0 Å². The van der Waals surface area contributed by atoms with Crippen LogP contribution in [-0.2, 0) is 4.74 Å². The van der Waals surface area contributed by atoms with Crippen molar-refractivity contribution in [3.8, 4) is 11.5 Å². The summed E-state index contributed by atoms with van der Waals surface area (Å²) in [5.74, 6) is 1.32. The predicted octanol–water partition coefficient (Wildman–Crippen LogP) is 2.05. The lowest BCUT2D eigenvalue weighted by atomic mass is 10.0. The molecule has 0 spiro atoms. The molecule has 0 saturated carbocycles. The molecular weight excluding hydrogens is 258 g/mol. The van der Waals surface area contributed by atoms with Crippen molar-refractivity contribution in [3.05, 3.63) is 18.2 Å². The van der Waals surface area contributed by atoms with E-state index in [1.54, 1.807) is 7.11 Å². The Morgan fingerprint density at radius 3 is 2.95 bits per heavy atom. The molecule has 1 heterocycles. The fourth-order valence-electron chi connectivity index (χ4n) is 2.40. The summed E-state index contributed by atoms with van der Waals surface area (Å²) in [5, 5.41) is 12.4. The first kappa shape index (κ1) is 14.9. The van der Waals surface area contributed by atoms with Gasteiger partial charge in [-0.3, -0.25) is 0 Å². The summed E-state index contributed by atoms with van der Waals surface area (Å²) in [6.07, 6.45) is 2.30. The van der Waals surface area contributed by atoms with Gasteiger partial charge >= 0.3 is 0 Å². The molecule has 1 aromatic carbocycles. The smallest absolute Gasteiger partial charge is 0.163 e. The maximum absolute atomic E-state index is 8.86. The van der Waals surface area contributed by atoms with Crippen molar-refractivity contribution in [2.75, 3.05) is 32.2 Å². The van der Waals surface area contributed by atoms with Crippen molar-refractivity contribution < 1.29 is 19.3 Å². The topological polar surface area (TPSA) is 60.0 Å². The summed E-state index contributed by atoms with van der Waals surface area (Å²) < 4.78 is 16.3. The first-order valence-corrected chi connectivity index (χ1v) is 7.02. The van der Waals surface area contributed by atoms with E-state index in [9.17, 15) is 0 Å². The van der Waals surface area contributed by atoms with Crippen LogP contribution in [0.25, 0.3) is 0 Å². The zero-order chi connectivity index (χ0) is 14.4. The lowest BCUT2D eigenvalue weighted by molar-refractivity contribution is 0.0232. The van der Waals surface area contributed by atoms with Crippen molar-refractivity contribution in [1.29, 1.82) is 0 Å². The Morgan fingerprint density at radius 1 is 1.40 bits per heavy atom. The first-order chi connectivity index (χ1) is 9.72. The Kier molecular flexibility index (Phi) is 5.49. The van der Waals surface area contributed by atoms with Gasteiger partial charge in [-0.2, -0.15) is 0 Å². The monoisotopic (exact) mass is 281 g/mol. The molecule has 0 aromatic heterocycles. The van der Waals surface area contributed by atoms with Gasteiger partial charge < -0.3 is 24.6 Å². The minimum absolute atomic E-state index is 0.0156. The molecule has 1 fully saturated rings. The highest BCUT2D eigenvalue weighted by Crippen LogP contribution is 2.31. The van der Waals surface area contributed by atoms with E-state index in [4.69, 9.17) is 19.3 Å². The largest absolute Gasteiger partial charge is 0.493 e. The molecule has 112 valence electrons. The summed E-state index contributed by atoms with van der Waals surface area (Å²) in [5.41, 5.74) is 0.998. The van der Waals surface area contributed by atoms with Gasteiger partial charge in [-0.05, 0) is 31.9 Å². The molecule has 1 saturated heterocycles. The van der Waals surface area contributed by atoms with Gasteiger partial charge in [0, 0.05) is 24.4 Å². The highest BCUT2D eigenvalue weighted by atomic mass is 16.5. The molecule has 0 aliphatic carbocycles. The quantitative estimate of drug-likeness (QED) is 0.835. The molecule has 0 bridgehead atoms. The van der Waals surface area contributed by atoms with Crippen LogP contribution in [-0.4, -0.2) is 44.2 Å². The zero-order valence-electron chi connectivity index (χ0n) is 12.1. The third-order valence-electron chi connectivity index (χ3n) is 3.37. The van der Waals surface area contributed by atoms with Gasteiger partial charge in [-0.15, -0.1) is 0 Å².